The van der Waals surface area contributed by atoms with Crippen molar-refractivity contribution in [2.24, 2.45) is 5.92 Å². The van der Waals surface area contributed by atoms with Crippen molar-refractivity contribution in [3.05, 3.63) is 59.2 Å². The minimum atomic E-state index is 0.674. The van der Waals surface area contributed by atoms with Crippen LogP contribution in [0.15, 0.2) is 59.2 Å². The van der Waals surface area contributed by atoms with Gasteiger partial charge in [-0.15, -0.1) is 0 Å². The molecule has 0 unspecified atom stereocenters. The van der Waals surface area contributed by atoms with Crippen LogP contribution in [0.3, 0.4) is 0 Å². The molecule has 0 spiro atoms. The van der Waals surface area contributed by atoms with E-state index in [-0.39, 0.29) is 0 Å². The lowest BCUT2D eigenvalue weighted by Crippen LogP contribution is -2.15. The molecule has 25 heavy (non-hydrogen) atoms. The Kier molecular flexibility index (Phi) is 5.02. The third kappa shape index (κ3) is 3.72. The number of halogens is 1. The van der Waals surface area contributed by atoms with E-state index in [1.54, 1.807) is 0 Å². The maximum Gasteiger partial charge on any atom is 0.138 e. The number of fused-ring (bicyclic) bond motifs is 1. The van der Waals surface area contributed by atoms with Crippen LogP contribution >= 0.6 is 15.9 Å². The number of pyridine rings is 1. The number of nitrogens with zero attached hydrogens (tertiary/aromatic N) is 1. The molecule has 3 heteroatoms. The van der Waals surface area contributed by atoms with Crippen LogP contribution < -0.4 is 4.74 Å². The molecule has 1 saturated carbocycles. The molecule has 3 aromatic rings. The van der Waals surface area contributed by atoms with E-state index >= 15 is 0 Å². The summed E-state index contributed by atoms with van der Waals surface area (Å²) in [5.41, 5.74) is 3.19. The monoisotopic (exact) mass is 395 g/mol. The molecule has 0 amide bonds. The van der Waals surface area contributed by atoms with Gasteiger partial charge in [0.15, 0.2) is 0 Å². The Morgan fingerprint density at radius 1 is 1.00 bits per heavy atom. The highest BCUT2D eigenvalue weighted by Crippen LogP contribution is 2.37. The van der Waals surface area contributed by atoms with Crippen molar-refractivity contribution in [1.82, 2.24) is 4.98 Å². The maximum absolute atomic E-state index is 6.44. The second-order valence-electron chi connectivity index (χ2n) is 6.84. The lowest BCUT2D eigenvalue weighted by atomic mass is 9.90. The molecule has 1 fully saturated rings. The average Bonchev–Trinajstić information content (AvgIpc) is 2.67. The van der Waals surface area contributed by atoms with Crippen LogP contribution in [-0.4, -0.2) is 11.6 Å². The minimum absolute atomic E-state index is 0.674. The molecule has 2 aromatic carbocycles. The van der Waals surface area contributed by atoms with Crippen LogP contribution in [0.2, 0.25) is 0 Å². The van der Waals surface area contributed by atoms with E-state index in [1.807, 2.05) is 24.4 Å². The first-order valence-corrected chi connectivity index (χ1v) is 9.87. The number of aromatic nitrogens is 1. The van der Waals surface area contributed by atoms with Crippen molar-refractivity contribution in [2.75, 3.05) is 6.61 Å². The van der Waals surface area contributed by atoms with Gasteiger partial charge in [0.1, 0.15) is 5.75 Å². The zero-order chi connectivity index (χ0) is 17.1. The second kappa shape index (κ2) is 7.57. The topological polar surface area (TPSA) is 22.1 Å². The molecule has 2 nitrogen and oxygen atoms in total. The Morgan fingerprint density at radius 2 is 1.80 bits per heavy atom. The number of hydrogen-bond donors (Lipinski definition) is 0. The van der Waals surface area contributed by atoms with Crippen LogP contribution in [0.5, 0.6) is 5.75 Å². The van der Waals surface area contributed by atoms with Crippen LogP contribution in [-0.2, 0) is 0 Å². The number of rotatable bonds is 4. The van der Waals surface area contributed by atoms with Crippen molar-refractivity contribution >= 4 is 26.8 Å². The molecule has 0 radical (unpaired) electrons. The van der Waals surface area contributed by atoms with Gasteiger partial charge in [0.2, 0.25) is 0 Å². The Balaban J connectivity index is 1.75. The van der Waals surface area contributed by atoms with Crippen molar-refractivity contribution < 1.29 is 4.74 Å². The Labute approximate surface area is 157 Å². The number of hydrogen-bond acceptors (Lipinski definition) is 2. The first-order chi connectivity index (χ1) is 12.3. The molecule has 0 N–H and O–H groups in total. The molecule has 4 rings (SSSR count). The highest BCUT2D eigenvalue weighted by atomic mass is 79.9. The number of ether oxygens (including phenoxy) is 1. The zero-order valence-electron chi connectivity index (χ0n) is 14.2. The van der Waals surface area contributed by atoms with Gasteiger partial charge in [-0.25, -0.2) is 0 Å². The van der Waals surface area contributed by atoms with Crippen molar-refractivity contribution in [3.63, 3.8) is 0 Å². The summed E-state index contributed by atoms with van der Waals surface area (Å²) >= 11 is 3.59. The minimum Gasteiger partial charge on any atom is -0.492 e. The van der Waals surface area contributed by atoms with Crippen molar-refractivity contribution in [3.8, 4) is 16.9 Å². The summed E-state index contributed by atoms with van der Waals surface area (Å²) in [6, 6.07) is 16.6. The van der Waals surface area contributed by atoms with Gasteiger partial charge in [-0.1, -0.05) is 65.5 Å². The summed E-state index contributed by atoms with van der Waals surface area (Å²) in [7, 11) is 0. The van der Waals surface area contributed by atoms with Crippen LogP contribution in [0.4, 0.5) is 0 Å². The van der Waals surface area contributed by atoms with Crippen molar-refractivity contribution in [2.45, 2.75) is 32.1 Å². The largest absolute Gasteiger partial charge is 0.492 e. The summed E-state index contributed by atoms with van der Waals surface area (Å²) in [6.07, 6.45) is 8.56. The molecule has 1 aliphatic carbocycles. The van der Waals surface area contributed by atoms with Crippen molar-refractivity contribution in [1.29, 1.82) is 0 Å². The molecule has 128 valence electrons. The predicted octanol–water partition coefficient (Wildman–Crippen LogP) is 6.62. The molecular weight excluding hydrogens is 374 g/mol. The van der Waals surface area contributed by atoms with E-state index in [0.717, 1.165) is 38.9 Å². The molecule has 0 atom stereocenters. The maximum atomic E-state index is 6.44. The molecular formula is C22H22BrNO. The molecule has 1 aliphatic rings. The van der Waals surface area contributed by atoms with E-state index in [0.29, 0.717) is 5.92 Å². The first kappa shape index (κ1) is 16.6. The van der Waals surface area contributed by atoms with Crippen LogP contribution in [0.25, 0.3) is 22.0 Å². The van der Waals surface area contributed by atoms with E-state index in [2.05, 4.69) is 51.2 Å². The fourth-order valence-corrected chi connectivity index (χ4v) is 4.04. The first-order valence-electron chi connectivity index (χ1n) is 9.08. The van der Waals surface area contributed by atoms with Gasteiger partial charge >= 0.3 is 0 Å². The van der Waals surface area contributed by atoms with Gasteiger partial charge in [-0.3, -0.25) is 4.98 Å². The summed E-state index contributed by atoms with van der Waals surface area (Å²) < 4.78 is 7.49. The highest BCUT2D eigenvalue weighted by molar-refractivity contribution is 9.10. The van der Waals surface area contributed by atoms with Crippen LogP contribution in [0, 0.1) is 5.92 Å². The van der Waals surface area contributed by atoms with Gasteiger partial charge in [0, 0.05) is 21.6 Å². The summed E-state index contributed by atoms with van der Waals surface area (Å²) in [5.74, 6) is 1.64. The summed E-state index contributed by atoms with van der Waals surface area (Å²) in [4.78, 5) is 4.65. The van der Waals surface area contributed by atoms with Gasteiger partial charge in [-0.05, 0) is 42.5 Å². The highest BCUT2D eigenvalue weighted by Gasteiger charge is 2.17. The van der Waals surface area contributed by atoms with E-state index in [4.69, 9.17) is 4.74 Å². The van der Waals surface area contributed by atoms with Gasteiger partial charge in [-0.2, -0.15) is 0 Å². The Morgan fingerprint density at radius 3 is 2.60 bits per heavy atom. The molecule has 1 aromatic heterocycles. The van der Waals surface area contributed by atoms with E-state index in [9.17, 15) is 0 Å². The number of benzene rings is 2. The smallest absolute Gasteiger partial charge is 0.138 e. The van der Waals surface area contributed by atoms with Gasteiger partial charge in [0.05, 0.1) is 12.1 Å². The lowest BCUT2D eigenvalue weighted by Gasteiger charge is -2.23. The van der Waals surface area contributed by atoms with E-state index < -0.39 is 0 Å². The molecule has 0 saturated heterocycles. The molecule has 0 aliphatic heterocycles. The fourth-order valence-electron chi connectivity index (χ4n) is 3.67. The molecule has 0 bridgehead atoms. The predicted molar refractivity (Wildman–Crippen MR) is 107 cm³/mol. The third-order valence-corrected chi connectivity index (χ3v) is 5.55. The zero-order valence-corrected chi connectivity index (χ0v) is 15.8. The Hall–Kier alpha value is -1.87. The summed E-state index contributed by atoms with van der Waals surface area (Å²) in [5, 5.41) is 1.08. The SMILES string of the molecule is Brc1ccc2ncc(-c3ccccc3)c(OCC3CCCCC3)c2c1. The van der Waals surface area contributed by atoms with Gasteiger partial charge in [0.25, 0.3) is 0 Å². The normalized spacial score (nSPS) is 15.4. The third-order valence-electron chi connectivity index (χ3n) is 5.05. The molecule has 1 heterocycles. The standard InChI is InChI=1S/C22H22BrNO/c23-18-11-12-21-19(13-18)22(25-15-16-7-3-1-4-8-16)20(14-24-21)17-9-5-2-6-10-17/h2,5-6,9-14,16H,1,3-4,7-8,15H2. The van der Waals surface area contributed by atoms with Crippen LogP contribution in [0.1, 0.15) is 32.1 Å². The Bertz CT molecular complexity index is 857. The lowest BCUT2D eigenvalue weighted by molar-refractivity contribution is 0.211. The average molecular weight is 396 g/mol. The quantitative estimate of drug-likeness (QED) is 0.494. The van der Waals surface area contributed by atoms with Gasteiger partial charge < -0.3 is 4.74 Å². The van der Waals surface area contributed by atoms with E-state index in [1.165, 1.54) is 32.1 Å². The summed E-state index contributed by atoms with van der Waals surface area (Å²) in [6.45, 7) is 0.797. The fraction of sp³-hybridized carbons (Fsp3) is 0.318. The second-order valence-corrected chi connectivity index (χ2v) is 7.76.